The van der Waals surface area contributed by atoms with E-state index in [1.165, 1.54) is 12.8 Å². The molecular weight excluding hydrogens is 330 g/mol. The number of hydrogen-bond donors (Lipinski definition) is 1. The van der Waals surface area contributed by atoms with Gasteiger partial charge in [0.15, 0.2) is 0 Å². The molecule has 1 aromatic rings. The number of halogens is 1. The van der Waals surface area contributed by atoms with E-state index in [0.717, 1.165) is 36.1 Å². The number of aromatic nitrogens is 1. The number of carbonyl (C=O) groups excluding carboxylic acids is 1. The molecule has 5 heteroatoms. The topological polar surface area (TPSA) is 37.3 Å². The molecule has 1 N–H and O–H groups in total. The predicted molar refractivity (Wildman–Crippen MR) is 87.6 cm³/mol. The number of nitrogens with one attached hydrogen (secondary N) is 1. The van der Waals surface area contributed by atoms with Crippen molar-refractivity contribution in [2.45, 2.75) is 57.7 Å². The van der Waals surface area contributed by atoms with E-state index in [1.54, 1.807) is 0 Å². The maximum absolute atomic E-state index is 12.5. The molecule has 2 fully saturated rings. The normalized spacial score (nSPS) is 21.0. The van der Waals surface area contributed by atoms with Crippen molar-refractivity contribution in [1.29, 1.82) is 0 Å². The van der Waals surface area contributed by atoms with Crippen molar-refractivity contribution in [3.05, 3.63) is 22.4 Å². The largest absolute Gasteiger partial charge is 0.348 e. The highest BCUT2D eigenvalue weighted by atomic mass is 79.9. The van der Waals surface area contributed by atoms with E-state index in [9.17, 15) is 4.79 Å². The summed E-state index contributed by atoms with van der Waals surface area (Å²) in [5.74, 6) is 0.0793. The summed E-state index contributed by atoms with van der Waals surface area (Å²) in [7, 11) is 0. The summed E-state index contributed by atoms with van der Waals surface area (Å²) in [6.45, 7) is 6.63. The molecular formula is C16H24BrN3O. The molecule has 1 aliphatic heterocycles. The van der Waals surface area contributed by atoms with Crippen LogP contribution in [0.15, 0.2) is 16.7 Å². The van der Waals surface area contributed by atoms with Gasteiger partial charge in [-0.25, -0.2) is 0 Å². The first kappa shape index (κ1) is 15.1. The van der Waals surface area contributed by atoms with Crippen LogP contribution in [0, 0.1) is 0 Å². The van der Waals surface area contributed by atoms with Gasteiger partial charge in [-0.2, -0.15) is 0 Å². The number of carbonyl (C=O) groups is 1. The van der Waals surface area contributed by atoms with Crippen molar-refractivity contribution in [3.8, 4) is 0 Å². The van der Waals surface area contributed by atoms with Crippen LogP contribution in [0.25, 0.3) is 0 Å². The van der Waals surface area contributed by atoms with E-state index >= 15 is 0 Å². The number of piperidine rings is 1. The van der Waals surface area contributed by atoms with Crippen molar-refractivity contribution >= 4 is 21.8 Å². The molecule has 0 bridgehead atoms. The van der Waals surface area contributed by atoms with Gasteiger partial charge in [-0.15, -0.1) is 0 Å². The summed E-state index contributed by atoms with van der Waals surface area (Å²) in [6, 6.07) is 3.38. The van der Waals surface area contributed by atoms with Crippen molar-refractivity contribution in [2.24, 2.45) is 0 Å². The molecule has 116 valence electrons. The summed E-state index contributed by atoms with van der Waals surface area (Å²) in [5, 5.41) is 3.22. The smallest absolute Gasteiger partial charge is 0.268 e. The quantitative estimate of drug-likeness (QED) is 0.902. The molecule has 2 aliphatic rings. The average molecular weight is 354 g/mol. The van der Waals surface area contributed by atoms with Crippen LogP contribution in [0.4, 0.5) is 0 Å². The molecule has 1 saturated carbocycles. The van der Waals surface area contributed by atoms with Gasteiger partial charge in [0.05, 0.1) is 0 Å². The Morgan fingerprint density at radius 1 is 1.29 bits per heavy atom. The number of likely N-dealkylation sites (tertiary alicyclic amines) is 1. The number of hydrogen-bond acceptors (Lipinski definition) is 2. The lowest BCUT2D eigenvalue weighted by Gasteiger charge is -2.34. The molecule has 0 aromatic carbocycles. The fraction of sp³-hybridized carbons (Fsp3) is 0.688. The Morgan fingerprint density at radius 2 is 1.95 bits per heavy atom. The van der Waals surface area contributed by atoms with Crippen LogP contribution in [0.5, 0.6) is 0 Å². The van der Waals surface area contributed by atoms with Crippen LogP contribution in [0.2, 0.25) is 0 Å². The SMILES string of the molecule is CC(C)N1CCC(NC(=O)c2cc(Br)cn2C2CC2)CC1. The molecule has 4 nitrogen and oxygen atoms in total. The summed E-state index contributed by atoms with van der Waals surface area (Å²) in [5.41, 5.74) is 0.802. The molecule has 1 aliphatic carbocycles. The first-order valence-corrected chi connectivity index (χ1v) is 8.76. The fourth-order valence-corrected chi connectivity index (χ4v) is 3.54. The zero-order valence-electron chi connectivity index (χ0n) is 12.8. The van der Waals surface area contributed by atoms with E-state index in [0.29, 0.717) is 18.1 Å². The minimum absolute atomic E-state index is 0.0793. The van der Waals surface area contributed by atoms with Crippen molar-refractivity contribution < 1.29 is 4.79 Å². The van der Waals surface area contributed by atoms with Crippen LogP contribution in [-0.4, -0.2) is 40.5 Å². The van der Waals surface area contributed by atoms with Gasteiger partial charge in [0.1, 0.15) is 5.69 Å². The zero-order chi connectivity index (χ0) is 15.0. The van der Waals surface area contributed by atoms with E-state index in [-0.39, 0.29) is 5.91 Å². The molecule has 3 rings (SSSR count). The molecule has 1 saturated heterocycles. The van der Waals surface area contributed by atoms with Gasteiger partial charge in [-0.1, -0.05) is 0 Å². The fourth-order valence-electron chi connectivity index (χ4n) is 3.10. The molecule has 1 amide bonds. The van der Waals surface area contributed by atoms with Gasteiger partial charge in [-0.05, 0) is 61.5 Å². The third-order valence-electron chi connectivity index (χ3n) is 4.58. The van der Waals surface area contributed by atoms with Crippen LogP contribution in [0.1, 0.15) is 56.1 Å². The minimum atomic E-state index is 0.0793. The molecule has 21 heavy (non-hydrogen) atoms. The number of nitrogens with zero attached hydrogens (tertiary/aromatic N) is 2. The molecule has 1 aromatic heterocycles. The summed E-state index contributed by atoms with van der Waals surface area (Å²) >= 11 is 3.49. The maximum Gasteiger partial charge on any atom is 0.268 e. The van der Waals surface area contributed by atoms with Crippen molar-refractivity contribution in [2.75, 3.05) is 13.1 Å². The highest BCUT2D eigenvalue weighted by Crippen LogP contribution is 2.37. The molecule has 2 heterocycles. The van der Waals surface area contributed by atoms with Gasteiger partial charge < -0.3 is 14.8 Å². The van der Waals surface area contributed by atoms with Crippen LogP contribution in [0.3, 0.4) is 0 Å². The second-order valence-electron chi connectivity index (χ2n) is 6.56. The van der Waals surface area contributed by atoms with E-state index in [4.69, 9.17) is 0 Å². The van der Waals surface area contributed by atoms with Crippen LogP contribution >= 0.6 is 15.9 Å². The third-order valence-corrected chi connectivity index (χ3v) is 5.02. The lowest BCUT2D eigenvalue weighted by molar-refractivity contribution is 0.0891. The van der Waals surface area contributed by atoms with Gasteiger partial charge in [0, 0.05) is 41.9 Å². The van der Waals surface area contributed by atoms with Gasteiger partial charge in [-0.3, -0.25) is 4.79 Å². The summed E-state index contributed by atoms with van der Waals surface area (Å²) < 4.78 is 3.12. The molecule has 0 radical (unpaired) electrons. The maximum atomic E-state index is 12.5. The van der Waals surface area contributed by atoms with Crippen LogP contribution in [-0.2, 0) is 0 Å². The monoisotopic (exact) mass is 353 g/mol. The Bertz CT molecular complexity index is 514. The molecule has 0 spiro atoms. The third kappa shape index (κ3) is 3.51. The Kier molecular flexibility index (Phi) is 4.41. The summed E-state index contributed by atoms with van der Waals surface area (Å²) in [4.78, 5) is 15.0. The Balaban J connectivity index is 1.60. The lowest BCUT2D eigenvalue weighted by atomic mass is 10.0. The standard InChI is InChI=1S/C16H24BrN3O/c1-11(2)19-7-5-13(6-8-19)18-16(21)15-9-12(17)10-20(15)14-3-4-14/h9-11,13-14H,3-8H2,1-2H3,(H,18,21). The van der Waals surface area contributed by atoms with Crippen LogP contribution < -0.4 is 5.32 Å². The van der Waals surface area contributed by atoms with Gasteiger partial charge in [0.25, 0.3) is 5.91 Å². The van der Waals surface area contributed by atoms with Gasteiger partial charge in [0.2, 0.25) is 0 Å². The second-order valence-corrected chi connectivity index (χ2v) is 7.48. The molecule has 0 unspecified atom stereocenters. The molecule has 0 atom stereocenters. The summed E-state index contributed by atoms with van der Waals surface area (Å²) in [6.07, 6.45) is 6.51. The van der Waals surface area contributed by atoms with Crippen molar-refractivity contribution in [3.63, 3.8) is 0 Å². The lowest BCUT2D eigenvalue weighted by Crippen LogP contribution is -2.46. The van der Waals surface area contributed by atoms with Crippen molar-refractivity contribution in [1.82, 2.24) is 14.8 Å². The Hall–Kier alpha value is -0.810. The minimum Gasteiger partial charge on any atom is -0.348 e. The highest BCUT2D eigenvalue weighted by Gasteiger charge is 2.29. The van der Waals surface area contributed by atoms with E-state index in [2.05, 4.69) is 44.6 Å². The Labute approximate surface area is 135 Å². The number of rotatable bonds is 4. The highest BCUT2D eigenvalue weighted by molar-refractivity contribution is 9.10. The second kappa shape index (κ2) is 6.13. The predicted octanol–water partition coefficient (Wildman–Crippen LogP) is 3.19. The zero-order valence-corrected chi connectivity index (χ0v) is 14.4. The first-order chi connectivity index (χ1) is 10.0. The Morgan fingerprint density at radius 3 is 2.52 bits per heavy atom. The number of amides is 1. The van der Waals surface area contributed by atoms with E-state index in [1.807, 2.05) is 12.3 Å². The average Bonchev–Trinajstić information content (AvgIpc) is 3.22. The first-order valence-electron chi connectivity index (χ1n) is 7.97. The van der Waals surface area contributed by atoms with E-state index < -0.39 is 0 Å². The van der Waals surface area contributed by atoms with Gasteiger partial charge >= 0.3 is 0 Å².